The molecule has 23 heavy (non-hydrogen) atoms. The number of carbonyl (C=O) groups is 1. The number of carbonyl (C=O) groups excluding carboxylic acids is 1. The molecule has 2 aromatic carbocycles. The Morgan fingerprint density at radius 3 is 2.35 bits per heavy atom. The zero-order valence-electron chi connectivity index (χ0n) is 13.3. The van der Waals surface area contributed by atoms with E-state index in [-0.39, 0.29) is 24.4 Å². The van der Waals surface area contributed by atoms with Crippen LogP contribution in [-0.2, 0) is 17.8 Å². The Balaban J connectivity index is 0.00000264. The maximum absolute atomic E-state index is 12.6. The van der Waals surface area contributed by atoms with Crippen molar-refractivity contribution in [1.29, 1.82) is 0 Å². The third-order valence-corrected chi connectivity index (χ3v) is 3.76. The Morgan fingerprint density at radius 1 is 1.13 bits per heavy atom. The van der Waals surface area contributed by atoms with Crippen LogP contribution in [0.5, 0.6) is 0 Å². The largest absolute Gasteiger partial charge is 0.399 e. The molecule has 0 saturated heterocycles. The summed E-state index contributed by atoms with van der Waals surface area (Å²) < 4.78 is 0. The van der Waals surface area contributed by atoms with Gasteiger partial charge in [-0.15, -0.1) is 12.4 Å². The third-order valence-electron chi connectivity index (χ3n) is 3.52. The summed E-state index contributed by atoms with van der Waals surface area (Å²) in [6.07, 6.45) is 0.374. The molecule has 0 saturated carbocycles. The van der Waals surface area contributed by atoms with Crippen molar-refractivity contribution in [3.63, 3.8) is 0 Å². The van der Waals surface area contributed by atoms with Gasteiger partial charge in [0.25, 0.3) is 0 Å². The maximum atomic E-state index is 12.6. The first-order valence-corrected chi connectivity index (χ1v) is 7.72. The number of benzene rings is 2. The number of hydrogen-bond acceptors (Lipinski definition) is 2. The molecule has 2 N–H and O–H groups in total. The first-order valence-electron chi connectivity index (χ1n) is 7.34. The van der Waals surface area contributed by atoms with Crippen molar-refractivity contribution in [2.45, 2.75) is 32.9 Å². The van der Waals surface area contributed by atoms with E-state index < -0.39 is 0 Å². The molecule has 0 aliphatic rings. The number of rotatable bonds is 5. The number of anilines is 1. The molecule has 1 amide bonds. The minimum Gasteiger partial charge on any atom is -0.399 e. The molecule has 2 aromatic rings. The summed E-state index contributed by atoms with van der Waals surface area (Å²) in [5.74, 6) is 0.0970. The lowest BCUT2D eigenvalue weighted by atomic mass is 10.1. The summed E-state index contributed by atoms with van der Waals surface area (Å²) in [5, 5.41) is 0.687. The molecule has 0 aliphatic carbocycles. The first kappa shape index (κ1) is 19.3. The number of amides is 1. The smallest absolute Gasteiger partial charge is 0.227 e. The lowest BCUT2D eigenvalue weighted by Gasteiger charge is -2.27. The lowest BCUT2D eigenvalue weighted by Crippen LogP contribution is -2.37. The molecule has 2 rings (SSSR count). The Labute approximate surface area is 148 Å². The van der Waals surface area contributed by atoms with Gasteiger partial charge in [0.05, 0.1) is 6.42 Å². The Kier molecular flexibility index (Phi) is 7.40. The van der Waals surface area contributed by atoms with Gasteiger partial charge in [-0.25, -0.2) is 0 Å². The third kappa shape index (κ3) is 5.77. The van der Waals surface area contributed by atoms with E-state index in [1.807, 2.05) is 67.3 Å². The van der Waals surface area contributed by atoms with Gasteiger partial charge >= 0.3 is 0 Å². The minimum absolute atomic E-state index is 0. The molecule has 3 nitrogen and oxygen atoms in total. The van der Waals surface area contributed by atoms with Crippen molar-refractivity contribution in [1.82, 2.24) is 4.90 Å². The standard InChI is InChI=1S/C18H21ClN2O.ClH/c1-13(2)21(12-15-4-3-5-16(19)10-15)18(22)11-14-6-8-17(20)9-7-14;/h3-10,13H,11-12,20H2,1-2H3;1H. The molecule has 0 aromatic heterocycles. The van der Waals surface area contributed by atoms with Crippen molar-refractivity contribution in [3.05, 3.63) is 64.7 Å². The van der Waals surface area contributed by atoms with Crippen molar-refractivity contribution in [3.8, 4) is 0 Å². The fraction of sp³-hybridized carbons (Fsp3) is 0.278. The summed E-state index contributed by atoms with van der Waals surface area (Å²) in [6, 6.07) is 15.2. The van der Waals surface area contributed by atoms with Crippen molar-refractivity contribution >= 4 is 35.6 Å². The summed E-state index contributed by atoms with van der Waals surface area (Å²) >= 11 is 6.02. The van der Waals surface area contributed by atoms with E-state index in [1.54, 1.807) is 0 Å². The number of nitrogens with two attached hydrogens (primary N) is 1. The summed E-state index contributed by atoms with van der Waals surface area (Å²) in [6.45, 7) is 4.60. The summed E-state index contributed by atoms with van der Waals surface area (Å²) in [5.41, 5.74) is 8.38. The monoisotopic (exact) mass is 352 g/mol. The zero-order valence-corrected chi connectivity index (χ0v) is 14.9. The quantitative estimate of drug-likeness (QED) is 0.814. The highest BCUT2D eigenvalue weighted by Crippen LogP contribution is 2.16. The SMILES string of the molecule is CC(C)N(Cc1cccc(Cl)c1)C(=O)Cc1ccc(N)cc1.Cl. The Morgan fingerprint density at radius 2 is 1.78 bits per heavy atom. The molecule has 0 spiro atoms. The van der Waals surface area contributed by atoms with Crippen molar-refractivity contribution in [2.24, 2.45) is 0 Å². The molecule has 5 heteroatoms. The highest BCUT2D eigenvalue weighted by atomic mass is 35.5. The second-order valence-corrected chi connectivity index (χ2v) is 6.10. The maximum Gasteiger partial charge on any atom is 0.227 e. The van der Waals surface area contributed by atoms with Crippen LogP contribution in [0.15, 0.2) is 48.5 Å². The van der Waals surface area contributed by atoms with E-state index in [2.05, 4.69) is 0 Å². The van der Waals surface area contributed by atoms with Gasteiger partial charge in [-0.2, -0.15) is 0 Å². The molecule has 0 atom stereocenters. The second-order valence-electron chi connectivity index (χ2n) is 5.66. The molecule has 0 radical (unpaired) electrons. The lowest BCUT2D eigenvalue weighted by molar-refractivity contribution is -0.132. The van der Waals surface area contributed by atoms with Gasteiger partial charge in [-0.05, 0) is 49.2 Å². The van der Waals surface area contributed by atoms with Crippen LogP contribution in [0.3, 0.4) is 0 Å². The van der Waals surface area contributed by atoms with Crippen LogP contribution in [0.2, 0.25) is 5.02 Å². The molecule has 0 fully saturated rings. The van der Waals surface area contributed by atoms with Crippen LogP contribution in [-0.4, -0.2) is 16.8 Å². The van der Waals surface area contributed by atoms with Gasteiger partial charge in [0.1, 0.15) is 0 Å². The molecule has 0 unspecified atom stereocenters. The average Bonchev–Trinajstić information content (AvgIpc) is 2.47. The highest BCUT2D eigenvalue weighted by molar-refractivity contribution is 6.30. The minimum atomic E-state index is 0. The van der Waals surface area contributed by atoms with Crippen LogP contribution < -0.4 is 5.73 Å². The number of nitrogen functional groups attached to an aromatic ring is 1. The van der Waals surface area contributed by atoms with Gasteiger partial charge in [-0.1, -0.05) is 35.9 Å². The topological polar surface area (TPSA) is 46.3 Å². The van der Waals surface area contributed by atoms with Crippen LogP contribution in [0.4, 0.5) is 5.69 Å². The normalized spacial score (nSPS) is 10.3. The molecule has 0 aliphatic heterocycles. The Bertz CT molecular complexity index is 642. The molecular weight excluding hydrogens is 331 g/mol. The molecule has 124 valence electrons. The molecule has 0 heterocycles. The van der Waals surface area contributed by atoms with Gasteiger partial charge in [0.15, 0.2) is 0 Å². The van der Waals surface area contributed by atoms with Gasteiger partial charge < -0.3 is 10.6 Å². The highest BCUT2D eigenvalue weighted by Gasteiger charge is 2.17. The van der Waals surface area contributed by atoms with E-state index in [1.165, 1.54) is 0 Å². The van der Waals surface area contributed by atoms with Crippen molar-refractivity contribution in [2.75, 3.05) is 5.73 Å². The summed E-state index contributed by atoms with van der Waals surface area (Å²) in [7, 11) is 0. The number of hydrogen-bond donors (Lipinski definition) is 1. The van der Waals surface area contributed by atoms with E-state index in [4.69, 9.17) is 17.3 Å². The molecular formula is C18H22Cl2N2O. The van der Waals surface area contributed by atoms with E-state index in [9.17, 15) is 4.79 Å². The van der Waals surface area contributed by atoms with E-state index >= 15 is 0 Å². The number of halogens is 2. The zero-order chi connectivity index (χ0) is 16.1. The van der Waals surface area contributed by atoms with Gasteiger partial charge in [0, 0.05) is 23.3 Å². The fourth-order valence-electron chi connectivity index (χ4n) is 2.30. The van der Waals surface area contributed by atoms with Crippen LogP contribution in [0.25, 0.3) is 0 Å². The molecule has 0 bridgehead atoms. The predicted octanol–water partition coefficient (Wildman–Crippen LogP) is 4.32. The van der Waals surface area contributed by atoms with Gasteiger partial charge in [-0.3, -0.25) is 4.79 Å². The van der Waals surface area contributed by atoms with Crippen LogP contribution in [0.1, 0.15) is 25.0 Å². The van der Waals surface area contributed by atoms with Gasteiger partial charge in [0.2, 0.25) is 5.91 Å². The summed E-state index contributed by atoms with van der Waals surface area (Å²) in [4.78, 5) is 14.5. The second kappa shape index (κ2) is 8.80. The Hall–Kier alpha value is -1.71. The van der Waals surface area contributed by atoms with Crippen LogP contribution in [0, 0.1) is 0 Å². The van der Waals surface area contributed by atoms with Crippen LogP contribution >= 0.6 is 24.0 Å². The average molecular weight is 353 g/mol. The fourth-order valence-corrected chi connectivity index (χ4v) is 2.52. The van der Waals surface area contributed by atoms with Crippen molar-refractivity contribution < 1.29 is 4.79 Å². The number of nitrogens with zero attached hydrogens (tertiary/aromatic N) is 1. The predicted molar refractivity (Wildman–Crippen MR) is 98.9 cm³/mol. The first-order chi connectivity index (χ1) is 10.5. The van der Waals surface area contributed by atoms with E-state index in [0.717, 1.165) is 11.1 Å². The van der Waals surface area contributed by atoms with E-state index in [0.29, 0.717) is 23.7 Å².